The monoisotopic (exact) mass is 294 g/mol. The Labute approximate surface area is 123 Å². The van der Waals surface area contributed by atoms with Gasteiger partial charge in [0.15, 0.2) is 0 Å². The maximum atomic E-state index is 11.1. The molecule has 1 saturated carbocycles. The van der Waals surface area contributed by atoms with E-state index in [9.17, 15) is 10.1 Å². The molecule has 1 aliphatic rings. The van der Waals surface area contributed by atoms with Crippen molar-refractivity contribution in [2.75, 3.05) is 18.6 Å². The minimum absolute atomic E-state index is 0.00859. The van der Waals surface area contributed by atoms with Gasteiger partial charge in [0.1, 0.15) is 5.69 Å². The number of nitro groups is 1. The normalized spacial score (nSPS) is 15.0. The average Bonchev–Trinajstić information content (AvgIpc) is 2.42. The number of benzene rings is 1. The molecule has 0 saturated heterocycles. The van der Waals surface area contributed by atoms with Crippen molar-refractivity contribution in [3.05, 3.63) is 33.9 Å². The summed E-state index contributed by atoms with van der Waals surface area (Å²) in [4.78, 5) is 12.9. The second kappa shape index (κ2) is 7.35. The van der Waals surface area contributed by atoms with Crippen molar-refractivity contribution in [1.29, 1.82) is 0 Å². The zero-order valence-electron chi connectivity index (χ0n) is 12.0. The first kappa shape index (κ1) is 15.7. The Morgan fingerprint density at radius 3 is 2.76 bits per heavy atom. The second-order valence-corrected chi connectivity index (χ2v) is 5.39. The highest BCUT2D eigenvalue weighted by molar-refractivity contribution is 5.61. The van der Waals surface area contributed by atoms with Crippen LogP contribution in [-0.2, 0) is 6.54 Å². The van der Waals surface area contributed by atoms with Gasteiger partial charge in [-0.15, -0.1) is 0 Å². The molecule has 4 N–H and O–H groups in total. The number of aliphatic hydroxyl groups excluding tert-OH is 1. The number of anilines is 1. The van der Waals surface area contributed by atoms with E-state index in [1.54, 1.807) is 12.1 Å². The van der Waals surface area contributed by atoms with E-state index in [1.165, 1.54) is 6.42 Å². The fraction of sp³-hybridized carbons (Fsp3) is 0.571. The van der Waals surface area contributed by atoms with Crippen LogP contribution in [0.3, 0.4) is 0 Å². The standard InChI is InChI=1S/C14H22N4O3/c15-16-13-6-5-11(9-14(13)18(20)21)10-17(7-2-8-19)12-3-1-4-12/h5-6,9,12,16,19H,1-4,7-8,10,15H2. The summed E-state index contributed by atoms with van der Waals surface area (Å²) in [7, 11) is 0. The molecule has 0 bridgehead atoms. The third kappa shape index (κ3) is 3.90. The van der Waals surface area contributed by atoms with E-state index in [2.05, 4.69) is 10.3 Å². The molecule has 0 radical (unpaired) electrons. The molecule has 0 heterocycles. The lowest BCUT2D eigenvalue weighted by atomic mass is 9.91. The van der Waals surface area contributed by atoms with Crippen LogP contribution < -0.4 is 11.3 Å². The highest BCUT2D eigenvalue weighted by Gasteiger charge is 2.25. The molecule has 7 heteroatoms. The lowest BCUT2D eigenvalue weighted by Gasteiger charge is -2.37. The molecular weight excluding hydrogens is 272 g/mol. The van der Waals surface area contributed by atoms with Crippen LogP contribution in [0.15, 0.2) is 18.2 Å². The molecule has 0 spiro atoms. The molecule has 21 heavy (non-hydrogen) atoms. The average molecular weight is 294 g/mol. The molecule has 1 fully saturated rings. The van der Waals surface area contributed by atoms with Gasteiger partial charge in [-0.05, 0) is 30.9 Å². The van der Waals surface area contributed by atoms with E-state index in [0.29, 0.717) is 18.3 Å². The van der Waals surface area contributed by atoms with Crippen molar-refractivity contribution in [2.24, 2.45) is 5.84 Å². The Hall–Kier alpha value is -1.70. The Morgan fingerprint density at radius 1 is 1.48 bits per heavy atom. The quantitative estimate of drug-likeness (QED) is 0.382. The van der Waals surface area contributed by atoms with Crippen LogP contribution in [0.1, 0.15) is 31.2 Å². The fourth-order valence-electron chi connectivity index (χ4n) is 2.60. The van der Waals surface area contributed by atoms with Crippen LogP contribution >= 0.6 is 0 Å². The van der Waals surface area contributed by atoms with E-state index < -0.39 is 4.92 Å². The molecule has 2 rings (SSSR count). The Bertz CT molecular complexity index is 491. The number of hydrazine groups is 1. The summed E-state index contributed by atoms with van der Waals surface area (Å²) < 4.78 is 0. The predicted molar refractivity (Wildman–Crippen MR) is 80.7 cm³/mol. The molecule has 0 atom stereocenters. The molecule has 0 unspecified atom stereocenters. The number of nitrogens with one attached hydrogen (secondary N) is 1. The van der Waals surface area contributed by atoms with Crippen molar-refractivity contribution in [1.82, 2.24) is 4.90 Å². The summed E-state index contributed by atoms with van der Waals surface area (Å²) >= 11 is 0. The van der Waals surface area contributed by atoms with Crippen molar-refractivity contribution >= 4 is 11.4 Å². The van der Waals surface area contributed by atoms with Crippen LogP contribution in [0.4, 0.5) is 11.4 Å². The van der Waals surface area contributed by atoms with E-state index in [-0.39, 0.29) is 12.3 Å². The predicted octanol–water partition coefficient (Wildman–Crippen LogP) is 1.62. The highest BCUT2D eigenvalue weighted by Crippen LogP contribution is 2.29. The van der Waals surface area contributed by atoms with Gasteiger partial charge in [0, 0.05) is 31.8 Å². The van der Waals surface area contributed by atoms with E-state index >= 15 is 0 Å². The Kier molecular flexibility index (Phi) is 5.49. The highest BCUT2D eigenvalue weighted by atomic mass is 16.6. The Balaban J connectivity index is 2.12. The molecule has 0 aromatic heterocycles. The maximum absolute atomic E-state index is 11.1. The summed E-state index contributed by atoms with van der Waals surface area (Å²) in [5.41, 5.74) is 3.55. The van der Waals surface area contributed by atoms with Gasteiger partial charge in [0.25, 0.3) is 5.69 Å². The van der Waals surface area contributed by atoms with Crippen LogP contribution in [-0.4, -0.2) is 34.1 Å². The van der Waals surface area contributed by atoms with Crippen molar-refractivity contribution < 1.29 is 10.0 Å². The minimum atomic E-state index is -0.430. The number of nitrogen functional groups attached to an aromatic ring is 1. The lowest BCUT2D eigenvalue weighted by molar-refractivity contribution is -0.384. The first-order valence-electron chi connectivity index (χ1n) is 7.24. The fourth-order valence-corrected chi connectivity index (χ4v) is 2.60. The summed E-state index contributed by atoms with van der Waals surface area (Å²) in [5.74, 6) is 5.29. The van der Waals surface area contributed by atoms with Crippen molar-refractivity contribution in [3.63, 3.8) is 0 Å². The molecule has 1 aromatic rings. The SMILES string of the molecule is NNc1ccc(CN(CCCO)C2CCC2)cc1[N+](=O)[O-]. The van der Waals surface area contributed by atoms with Gasteiger partial charge in [-0.3, -0.25) is 20.9 Å². The third-order valence-corrected chi connectivity index (χ3v) is 3.99. The zero-order chi connectivity index (χ0) is 15.2. The molecule has 116 valence electrons. The third-order valence-electron chi connectivity index (χ3n) is 3.99. The number of rotatable bonds is 8. The Morgan fingerprint density at radius 2 is 2.24 bits per heavy atom. The minimum Gasteiger partial charge on any atom is -0.396 e. The van der Waals surface area contributed by atoms with Crippen LogP contribution in [0, 0.1) is 10.1 Å². The molecular formula is C14H22N4O3. The number of aliphatic hydroxyl groups is 1. The van der Waals surface area contributed by atoms with Crippen LogP contribution in [0.5, 0.6) is 0 Å². The molecule has 0 aliphatic heterocycles. The number of hydrogen-bond acceptors (Lipinski definition) is 6. The molecule has 1 aliphatic carbocycles. The van der Waals surface area contributed by atoms with Gasteiger partial charge < -0.3 is 10.5 Å². The van der Waals surface area contributed by atoms with Gasteiger partial charge in [0.2, 0.25) is 0 Å². The molecule has 7 nitrogen and oxygen atoms in total. The second-order valence-electron chi connectivity index (χ2n) is 5.39. The lowest BCUT2D eigenvalue weighted by Crippen LogP contribution is -2.40. The molecule has 1 aromatic carbocycles. The van der Waals surface area contributed by atoms with Gasteiger partial charge in [-0.2, -0.15) is 0 Å². The summed E-state index contributed by atoms with van der Waals surface area (Å²) in [6.45, 7) is 1.64. The first-order chi connectivity index (χ1) is 10.2. The smallest absolute Gasteiger partial charge is 0.293 e. The topological polar surface area (TPSA) is 105 Å². The van der Waals surface area contributed by atoms with Gasteiger partial charge >= 0.3 is 0 Å². The van der Waals surface area contributed by atoms with E-state index in [4.69, 9.17) is 10.9 Å². The number of nitro benzene ring substituents is 1. The van der Waals surface area contributed by atoms with Crippen molar-refractivity contribution in [3.8, 4) is 0 Å². The van der Waals surface area contributed by atoms with Gasteiger partial charge in [-0.25, -0.2) is 0 Å². The maximum Gasteiger partial charge on any atom is 0.293 e. The van der Waals surface area contributed by atoms with Crippen LogP contribution in [0.2, 0.25) is 0 Å². The molecule has 0 amide bonds. The summed E-state index contributed by atoms with van der Waals surface area (Å²) in [6.07, 6.45) is 4.28. The van der Waals surface area contributed by atoms with Gasteiger partial charge in [-0.1, -0.05) is 12.5 Å². The zero-order valence-corrected chi connectivity index (χ0v) is 12.0. The first-order valence-corrected chi connectivity index (χ1v) is 7.24. The van der Waals surface area contributed by atoms with Crippen LogP contribution in [0.25, 0.3) is 0 Å². The van der Waals surface area contributed by atoms with Crippen molar-refractivity contribution in [2.45, 2.75) is 38.3 Å². The largest absolute Gasteiger partial charge is 0.396 e. The number of nitrogens with two attached hydrogens (primary N) is 1. The summed E-state index contributed by atoms with van der Waals surface area (Å²) in [6, 6.07) is 5.59. The number of nitrogens with zero attached hydrogens (tertiary/aromatic N) is 2. The summed E-state index contributed by atoms with van der Waals surface area (Å²) in [5, 5.41) is 20.1. The van der Waals surface area contributed by atoms with E-state index in [1.807, 2.05) is 6.07 Å². The van der Waals surface area contributed by atoms with E-state index in [0.717, 1.165) is 31.4 Å². The van der Waals surface area contributed by atoms with Gasteiger partial charge in [0.05, 0.1) is 4.92 Å². The number of hydrogen-bond donors (Lipinski definition) is 3.